The van der Waals surface area contributed by atoms with Gasteiger partial charge in [-0.3, -0.25) is 4.98 Å². The van der Waals surface area contributed by atoms with E-state index < -0.39 is 6.10 Å². The second-order valence-electron chi connectivity index (χ2n) is 4.20. The molecule has 1 aromatic heterocycles. The number of pyridine rings is 1. The quantitative estimate of drug-likeness (QED) is 0.691. The van der Waals surface area contributed by atoms with Gasteiger partial charge >= 0.3 is 0 Å². The van der Waals surface area contributed by atoms with Crippen LogP contribution in [0.5, 0.6) is 0 Å². The first kappa shape index (κ1) is 11.5. The number of aromatic nitrogens is 1. The fraction of sp³-hybridized carbons (Fsp3) is 0.583. The van der Waals surface area contributed by atoms with Gasteiger partial charge in [-0.1, -0.05) is 6.07 Å². The number of nitrogens with one attached hydrogen (secondary N) is 2. The lowest BCUT2D eigenvalue weighted by atomic mass is 10.1. The molecule has 16 heavy (non-hydrogen) atoms. The molecule has 1 aromatic rings. The molecule has 1 aliphatic heterocycles. The Morgan fingerprint density at radius 1 is 1.44 bits per heavy atom. The molecule has 0 spiro atoms. The minimum Gasteiger partial charge on any atom is -0.385 e. The van der Waals surface area contributed by atoms with Gasteiger partial charge in [-0.2, -0.15) is 0 Å². The molecule has 0 aromatic carbocycles. The number of hydrogen-bond acceptors (Lipinski definition) is 4. The van der Waals surface area contributed by atoms with Crippen molar-refractivity contribution in [2.75, 3.05) is 19.6 Å². The van der Waals surface area contributed by atoms with Gasteiger partial charge in [-0.25, -0.2) is 0 Å². The van der Waals surface area contributed by atoms with Crippen LogP contribution in [0.4, 0.5) is 0 Å². The molecule has 0 amide bonds. The smallest absolute Gasteiger partial charge is 0.108 e. The first-order chi connectivity index (χ1) is 7.86. The average molecular weight is 221 g/mol. The minimum atomic E-state index is -0.504. The number of piperidine rings is 1. The molecule has 1 aliphatic rings. The highest BCUT2D eigenvalue weighted by Gasteiger charge is 2.14. The van der Waals surface area contributed by atoms with Crippen molar-refractivity contribution >= 4 is 0 Å². The molecule has 2 heterocycles. The Balaban J connectivity index is 1.77. The second-order valence-corrected chi connectivity index (χ2v) is 4.20. The van der Waals surface area contributed by atoms with Gasteiger partial charge in [0.15, 0.2) is 0 Å². The Morgan fingerprint density at radius 3 is 2.94 bits per heavy atom. The fourth-order valence-electron chi connectivity index (χ4n) is 1.98. The van der Waals surface area contributed by atoms with Gasteiger partial charge in [0, 0.05) is 18.8 Å². The van der Waals surface area contributed by atoms with Crippen molar-refractivity contribution in [2.45, 2.75) is 25.0 Å². The fourth-order valence-corrected chi connectivity index (χ4v) is 1.98. The van der Waals surface area contributed by atoms with Crippen molar-refractivity contribution in [3.05, 3.63) is 30.1 Å². The molecule has 1 fully saturated rings. The highest BCUT2D eigenvalue weighted by Crippen LogP contribution is 2.09. The lowest BCUT2D eigenvalue weighted by Gasteiger charge is -2.24. The lowest BCUT2D eigenvalue weighted by Crippen LogP contribution is -2.41. The van der Waals surface area contributed by atoms with Gasteiger partial charge < -0.3 is 15.7 Å². The van der Waals surface area contributed by atoms with Gasteiger partial charge in [-0.15, -0.1) is 0 Å². The van der Waals surface area contributed by atoms with Crippen molar-refractivity contribution in [2.24, 2.45) is 0 Å². The van der Waals surface area contributed by atoms with Crippen LogP contribution in [0.2, 0.25) is 0 Å². The van der Waals surface area contributed by atoms with Gasteiger partial charge in [0.25, 0.3) is 0 Å². The van der Waals surface area contributed by atoms with E-state index in [2.05, 4.69) is 15.6 Å². The number of hydrogen-bond donors (Lipinski definition) is 3. The monoisotopic (exact) mass is 221 g/mol. The summed E-state index contributed by atoms with van der Waals surface area (Å²) in [6.07, 6.45) is 3.48. The van der Waals surface area contributed by atoms with Crippen LogP contribution in [-0.4, -0.2) is 35.8 Å². The third-order valence-electron chi connectivity index (χ3n) is 2.97. The first-order valence-corrected chi connectivity index (χ1v) is 5.89. The van der Waals surface area contributed by atoms with E-state index in [-0.39, 0.29) is 0 Å². The molecule has 88 valence electrons. The summed E-state index contributed by atoms with van der Waals surface area (Å²) in [6, 6.07) is 6.14. The molecule has 0 saturated carbocycles. The Bertz CT molecular complexity index is 298. The van der Waals surface area contributed by atoms with Gasteiger partial charge in [0.1, 0.15) is 6.10 Å². The molecular weight excluding hydrogens is 202 g/mol. The molecule has 4 heteroatoms. The highest BCUT2D eigenvalue weighted by atomic mass is 16.3. The molecule has 3 N–H and O–H groups in total. The summed E-state index contributed by atoms with van der Waals surface area (Å²) in [5, 5.41) is 16.6. The number of aliphatic hydroxyl groups excluding tert-OH is 1. The first-order valence-electron chi connectivity index (χ1n) is 5.89. The summed E-state index contributed by atoms with van der Waals surface area (Å²) in [5.41, 5.74) is 0.740. The van der Waals surface area contributed by atoms with Crippen LogP contribution in [-0.2, 0) is 0 Å². The maximum Gasteiger partial charge on any atom is 0.108 e. The van der Waals surface area contributed by atoms with Crippen molar-refractivity contribution in [1.82, 2.24) is 15.6 Å². The largest absolute Gasteiger partial charge is 0.385 e. The maximum absolute atomic E-state index is 9.91. The average Bonchev–Trinajstić information content (AvgIpc) is 2.38. The predicted molar refractivity (Wildman–Crippen MR) is 63.1 cm³/mol. The van der Waals surface area contributed by atoms with Gasteiger partial charge in [0.2, 0.25) is 0 Å². The Kier molecular flexibility index (Phi) is 4.27. The lowest BCUT2D eigenvalue weighted by molar-refractivity contribution is 0.162. The van der Waals surface area contributed by atoms with Crippen LogP contribution >= 0.6 is 0 Å². The minimum absolute atomic E-state index is 0.504. The number of aliphatic hydroxyl groups is 1. The Hall–Kier alpha value is -0.970. The van der Waals surface area contributed by atoms with Gasteiger partial charge in [-0.05, 0) is 38.1 Å². The highest BCUT2D eigenvalue weighted by molar-refractivity contribution is 5.06. The van der Waals surface area contributed by atoms with E-state index in [1.54, 1.807) is 6.20 Å². The van der Waals surface area contributed by atoms with Gasteiger partial charge in [0.05, 0.1) is 5.69 Å². The van der Waals surface area contributed by atoms with E-state index in [1.165, 1.54) is 0 Å². The molecule has 2 rings (SSSR count). The molecule has 0 aliphatic carbocycles. The Labute approximate surface area is 96.1 Å². The molecule has 1 saturated heterocycles. The third kappa shape index (κ3) is 3.27. The van der Waals surface area contributed by atoms with E-state index >= 15 is 0 Å². The zero-order chi connectivity index (χ0) is 11.2. The maximum atomic E-state index is 9.91. The van der Waals surface area contributed by atoms with E-state index in [0.29, 0.717) is 12.6 Å². The molecule has 1 atom stereocenters. The third-order valence-corrected chi connectivity index (χ3v) is 2.97. The summed E-state index contributed by atoms with van der Waals surface area (Å²) >= 11 is 0. The zero-order valence-corrected chi connectivity index (χ0v) is 9.39. The van der Waals surface area contributed by atoms with Crippen molar-refractivity contribution < 1.29 is 5.11 Å². The summed E-state index contributed by atoms with van der Waals surface area (Å²) < 4.78 is 0. The summed E-state index contributed by atoms with van der Waals surface area (Å²) in [6.45, 7) is 2.72. The van der Waals surface area contributed by atoms with E-state index in [9.17, 15) is 5.11 Å². The number of rotatable bonds is 4. The van der Waals surface area contributed by atoms with E-state index in [4.69, 9.17) is 0 Å². The van der Waals surface area contributed by atoms with Crippen molar-refractivity contribution in [3.8, 4) is 0 Å². The van der Waals surface area contributed by atoms with Crippen molar-refractivity contribution in [3.63, 3.8) is 0 Å². The molecule has 0 radical (unpaired) electrons. The van der Waals surface area contributed by atoms with Crippen LogP contribution in [0.3, 0.4) is 0 Å². The topological polar surface area (TPSA) is 57.2 Å². The van der Waals surface area contributed by atoms with E-state index in [0.717, 1.165) is 31.6 Å². The van der Waals surface area contributed by atoms with E-state index in [1.807, 2.05) is 18.2 Å². The van der Waals surface area contributed by atoms with Crippen LogP contribution < -0.4 is 10.6 Å². The summed E-state index contributed by atoms with van der Waals surface area (Å²) in [5.74, 6) is 0. The second kappa shape index (κ2) is 5.94. The van der Waals surface area contributed by atoms with Crippen molar-refractivity contribution in [1.29, 1.82) is 0 Å². The summed E-state index contributed by atoms with van der Waals surface area (Å²) in [4.78, 5) is 4.14. The normalized spacial score (nSPS) is 19.6. The summed E-state index contributed by atoms with van der Waals surface area (Å²) in [7, 11) is 0. The standard InChI is InChI=1S/C12H19N3O/c16-12(11-3-1-2-6-14-11)9-15-10-4-7-13-8-5-10/h1-3,6,10,12-13,15-16H,4-5,7-9H2/t12-/m1/s1. The van der Waals surface area contributed by atoms with Crippen LogP contribution in [0, 0.1) is 0 Å². The number of nitrogens with zero attached hydrogens (tertiary/aromatic N) is 1. The predicted octanol–water partition coefficient (Wildman–Crippen LogP) is 0.457. The van der Waals surface area contributed by atoms with Crippen LogP contribution in [0.25, 0.3) is 0 Å². The Morgan fingerprint density at radius 2 is 2.25 bits per heavy atom. The SMILES string of the molecule is O[C@H](CNC1CCNCC1)c1ccccn1. The molecule has 0 bridgehead atoms. The van der Waals surface area contributed by atoms with Crippen LogP contribution in [0.15, 0.2) is 24.4 Å². The van der Waals surface area contributed by atoms with Crippen LogP contribution in [0.1, 0.15) is 24.6 Å². The molecule has 0 unspecified atom stereocenters. The zero-order valence-electron chi connectivity index (χ0n) is 9.39. The molecule has 4 nitrogen and oxygen atoms in total. The molecular formula is C12H19N3O.